The van der Waals surface area contributed by atoms with Crippen molar-refractivity contribution in [2.24, 2.45) is 5.14 Å². The predicted octanol–water partition coefficient (Wildman–Crippen LogP) is 1.19. The molecule has 2 aromatic carbocycles. The van der Waals surface area contributed by atoms with Crippen molar-refractivity contribution in [3.8, 4) is 0 Å². The number of carbonyl (C=O) groups excluding carboxylic acids is 2. The normalized spacial score (nSPS) is 17.1. The summed E-state index contributed by atoms with van der Waals surface area (Å²) in [7, 11) is -3.71. The molecule has 1 unspecified atom stereocenters. The lowest BCUT2D eigenvalue weighted by molar-refractivity contribution is -0.123. The zero-order chi connectivity index (χ0) is 19.4. The van der Waals surface area contributed by atoms with Gasteiger partial charge in [-0.1, -0.05) is 30.3 Å². The van der Waals surface area contributed by atoms with Gasteiger partial charge in [0, 0.05) is 18.7 Å². The van der Waals surface area contributed by atoms with E-state index in [1.807, 2.05) is 30.3 Å². The molecular weight excluding hydrogens is 366 g/mol. The third-order valence-electron chi connectivity index (χ3n) is 4.51. The van der Waals surface area contributed by atoms with E-state index in [0.717, 1.165) is 11.3 Å². The van der Waals surface area contributed by atoms with E-state index in [2.05, 4.69) is 5.32 Å². The number of nitrogens with two attached hydrogens (primary N) is 1. The van der Waals surface area contributed by atoms with Crippen LogP contribution in [-0.4, -0.2) is 32.8 Å². The Labute approximate surface area is 158 Å². The van der Waals surface area contributed by atoms with Crippen LogP contribution in [0, 0.1) is 0 Å². The summed E-state index contributed by atoms with van der Waals surface area (Å²) >= 11 is 0. The Balaban J connectivity index is 1.58. The Kier molecular flexibility index (Phi) is 5.57. The van der Waals surface area contributed by atoms with E-state index in [-0.39, 0.29) is 16.7 Å². The molecule has 1 saturated heterocycles. The first-order chi connectivity index (χ1) is 12.9. The minimum atomic E-state index is -3.71. The molecule has 0 saturated carbocycles. The highest BCUT2D eigenvalue weighted by Crippen LogP contribution is 2.26. The third kappa shape index (κ3) is 4.53. The van der Waals surface area contributed by atoms with Gasteiger partial charge in [0.25, 0.3) is 0 Å². The van der Waals surface area contributed by atoms with Gasteiger partial charge >= 0.3 is 0 Å². The van der Waals surface area contributed by atoms with Crippen LogP contribution in [0.3, 0.4) is 0 Å². The van der Waals surface area contributed by atoms with E-state index < -0.39 is 16.1 Å². The van der Waals surface area contributed by atoms with Gasteiger partial charge in [0.1, 0.15) is 6.04 Å². The lowest BCUT2D eigenvalue weighted by Crippen LogP contribution is -2.45. The molecule has 3 N–H and O–H groups in total. The van der Waals surface area contributed by atoms with Crippen molar-refractivity contribution in [2.75, 3.05) is 11.4 Å². The first kappa shape index (κ1) is 19.1. The molecule has 0 bridgehead atoms. The number of carbonyl (C=O) groups is 2. The average Bonchev–Trinajstić information content (AvgIpc) is 3.03. The summed E-state index contributed by atoms with van der Waals surface area (Å²) < 4.78 is 22.5. The molecule has 2 amide bonds. The topological polar surface area (TPSA) is 110 Å². The monoisotopic (exact) mass is 387 g/mol. The maximum absolute atomic E-state index is 12.5. The standard InChI is InChI=1S/C19H21N3O4S/c20-27(25,26)16-8-6-14(7-9-16)12-13-21-19(24)17-10-11-18(23)22(17)15-4-2-1-3-5-15/h1-9,17H,10-13H2,(H,21,24)(H2,20,25,26). The number of hydrogen-bond donors (Lipinski definition) is 2. The highest BCUT2D eigenvalue weighted by Gasteiger charge is 2.36. The van der Waals surface area contributed by atoms with Crippen molar-refractivity contribution in [3.05, 3.63) is 60.2 Å². The van der Waals surface area contributed by atoms with Gasteiger partial charge in [-0.2, -0.15) is 0 Å². The molecule has 0 aliphatic carbocycles. The number of nitrogens with one attached hydrogen (secondary N) is 1. The summed E-state index contributed by atoms with van der Waals surface area (Å²) in [4.78, 5) is 26.3. The molecule has 3 rings (SSSR count). The van der Waals surface area contributed by atoms with E-state index in [1.54, 1.807) is 17.0 Å². The van der Waals surface area contributed by atoms with E-state index in [4.69, 9.17) is 5.14 Å². The Morgan fingerprint density at radius 3 is 2.41 bits per heavy atom. The molecule has 1 heterocycles. The number of primary sulfonamides is 1. The lowest BCUT2D eigenvalue weighted by atomic mass is 10.1. The molecule has 2 aromatic rings. The van der Waals surface area contributed by atoms with Gasteiger partial charge in [0.05, 0.1) is 4.90 Å². The van der Waals surface area contributed by atoms with Crippen LogP contribution in [0.5, 0.6) is 0 Å². The average molecular weight is 387 g/mol. The quantitative estimate of drug-likeness (QED) is 0.776. The number of anilines is 1. The minimum absolute atomic E-state index is 0.0539. The molecule has 0 radical (unpaired) electrons. The zero-order valence-electron chi connectivity index (χ0n) is 14.7. The fourth-order valence-electron chi connectivity index (χ4n) is 3.14. The smallest absolute Gasteiger partial charge is 0.243 e. The van der Waals surface area contributed by atoms with Gasteiger partial charge in [0.2, 0.25) is 21.8 Å². The van der Waals surface area contributed by atoms with Gasteiger partial charge in [-0.05, 0) is 42.7 Å². The summed E-state index contributed by atoms with van der Waals surface area (Å²) in [5.41, 5.74) is 1.60. The summed E-state index contributed by atoms with van der Waals surface area (Å²) in [5, 5.41) is 7.93. The second-order valence-corrected chi connectivity index (χ2v) is 7.95. The van der Waals surface area contributed by atoms with Crippen LogP contribution in [0.15, 0.2) is 59.5 Å². The van der Waals surface area contributed by atoms with Crippen molar-refractivity contribution >= 4 is 27.5 Å². The van der Waals surface area contributed by atoms with Gasteiger partial charge in [0.15, 0.2) is 0 Å². The molecule has 0 spiro atoms. The Morgan fingerprint density at radius 1 is 1.11 bits per heavy atom. The molecule has 1 fully saturated rings. The summed E-state index contributed by atoms with van der Waals surface area (Å²) in [6.07, 6.45) is 1.38. The Bertz CT molecular complexity index is 927. The van der Waals surface area contributed by atoms with Crippen molar-refractivity contribution in [1.82, 2.24) is 5.32 Å². The van der Waals surface area contributed by atoms with Gasteiger partial charge in [-0.15, -0.1) is 0 Å². The van der Waals surface area contributed by atoms with Crippen molar-refractivity contribution < 1.29 is 18.0 Å². The van der Waals surface area contributed by atoms with Crippen LogP contribution < -0.4 is 15.4 Å². The number of rotatable bonds is 6. The molecule has 142 valence electrons. The highest BCUT2D eigenvalue weighted by molar-refractivity contribution is 7.89. The SMILES string of the molecule is NS(=O)(=O)c1ccc(CCNC(=O)C2CCC(=O)N2c2ccccc2)cc1. The fourth-order valence-corrected chi connectivity index (χ4v) is 3.65. The van der Waals surface area contributed by atoms with Crippen molar-refractivity contribution in [2.45, 2.75) is 30.2 Å². The van der Waals surface area contributed by atoms with Crippen LogP contribution >= 0.6 is 0 Å². The Morgan fingerprint density at radius 2 is 1.78 bits per heavy atom. The van der Waals surface area contributed by atoms with Crippen LogP contribution in [0.4, 0.5) is 5.69 Å². The molecule has 8 heteroatoms. The fraction of sp³-hybridized carbons (Fsp3) is 0.263. The molecule has 27 heavy (non-hydrogen) atoms. The van der Waals surface area contributed by atoms with Crippen LogP contribution in [0.2, 0.25) is 0 Å². The maximum atomic E-state index is 12.5. The van der Waals surface area contributed by atoms with E-state index >= 15 is 0 Å². The molecule has 1 atom stereocenters. The second-order valence-electron chi connectivity index (χ2n) is 6.38. The first-order valence-corrected chi connectivity index (χ1v) is 10.2. The van der Waals surface area contributed by atoms with E-state index in [1.165, 1.54) is 12.1 Å². The minimum Gasteiger partial charge on any atom is -0.354 e. The molecule has 1 aliphatic rings. The number of benzene rings is 2. The first-order valence-electron chi connectivity index (χ1n) is 8.63. The molecule has 7 nitrogen and oxygen atoms in total. The number of para-hydroxylation sites is 1. The summed E-state index contributed by atoms with van der Waals surface area (Å²) in [5.74, 6) is -0.245. The van der Waals surface area contributed by atoms with E-state index in [0.29, 0.717) is 25.8 Å². The van der Waals surface area contributed by atoms with Gasteiger partial charge in [-0.25, -0.2) is 13.6 Å². The second kappa shape index (κ2) is 7.89. The van der Waals surface area contributed by atoms with Gasteiger partial charge < -0.3 is 5.32 Å². The number of amides is 2. The Hall–Kier alpha value is -2.71. The van der Waals surface area contributed by atoms with Crippen LogP contribution in [0.1, 0.15) is 18.4 Å². The van der Waals surface area contributed by atoms with Crippen molar-refractivity contribution in [1.29, 1.82) is 0 Å². The number of sulfonamides is 1. The molecular formula is C19H21N3O4S. The van der Waals surface area contributed by atoms with Crippen molar-refractivity contribution in [3.63, 3.8) is 0 Å². The number of nitrogens with zero attached hydrogens (tertiary/aromatic N) is 1. The van der Waals surface area contributed by atoms with E-state index in [9.17, 15) is 18.0 Å². The zero-order valence-corrected chi connectivity index (χ0v) is 15.5. The highest BCUT2D eigenvalue weighted by atomic mass is 32.2. The number of hydrogen-bond acceptors (Lipinski definition) is 4. The van der Waals surface area contributed by atoms with Gasteiger partial charge in [-0.3, -0.25) is 14.5 Å². The van der Waals surface area contributed by atoms with Crippen LogP contribution in [0.25, 0.3) is 0 Å². The third-order valence-corrected chi connectivity index (χ3v) is 5.44. The summed E-state index contributed by atoms with van der Waals surface area (Å²) in [6.45, 7) is 0.390. The molecule has 1 aliphatic heterocycles. The lowest BCUT2D eigenvalue weighted by Gasteiger charge is -2.24. The maximum Gasteiger partial charge on any atom is 0.243 e. The summed E-state index contributed by atoms with van der Waals surface area (Å²) in [6, 6.07) is 14.9. The molecule has 0 aromatic heterocycles. The largest absolute Gasteiger partial charge is 0.354 e. The predicted molar refractivity (Wildman–Crippen MR) is 101 cm³/mol. The van der Waals surface area contributed by atoms with Crippen LogP contribution in [-0.2, 0) is 26.0 Å².